The van der Waals surface area contributed by atoms with Crippen LogP contribution in [-0.2, 0) is 22.6 Å². The zero-order valence-corrected chi connectivity index (χ0v) is 17.1. The Bertz CT molecular complexity index is 824. The predicted molar refractivity (Wildman–Crippen MR) is 114 cm³/mol. The molecule has 0 unspecified atom stereocenters. The molecule has 0 radical (unpaired) electrons. The van der Waals surface area contributed by atoms with E-state index in [4.69, 9.17) is 5.73 Å². The predicted octanol–water partition coefficient (Wildman–Crippen LogP) is 2.40. The van der Waals surface area contributed by atoms with E-state index in [0.29, 0.717) is 25.2 Å². The zero-order chi connectivity index (χ0) is 19.9. The molecule has 1 aliphatic rings. The first kappa shape index (κ1) is 22.6. The molecule has 6 nitrogen and oxygen atoms in total. The highest BCUT2D eigenvalue weighted by atomic mass is 35.5. The number of likely N-dealkylation sites (tertiary alicyclic amines) is 1. The lowest BCUT2D eigenvalue weighted by Gasteiger charge is -2.22. The molecule has 1 saturated heterocycles. The minimum Gasteiger partial charge on any atom is -0.337 e. The van der Waals surface area contributed by atoms with Crippen molar-refractivity contribution >= 4 is 30.1 Å². The average molecular weight is 416 g/mol. The molecule has 0 aliphatic carbocycles. The van der Waals surface area contributed by atoms with Crippen LogP contribution in [0, 0.1) is 0 Å². The summed E-state index contributed by atoms with van der Waals surface area (Å²) in [5, 5.41) is 0. The number of amides is 3. The third-order valence-corrected chi connectivity index (χ3v) is 4.90. The van der Waals surface area contributed by atoms with Crippen molar-refractivity contribution in [3.8, 4) is 0 Å². The van der Waals surface area contributed by atoms with Crippen LogP contribution < -0.4 is 5.73 Å². The van der Waals surface area contributed by atoms with Crippen molar-refractivity contribution in [3.05, 3.63) is 71.3 Å². The lowest BCUT2D eigenvalue weighted by atomic mass is 10.1. The number of imide groups is 1. The number of nitrogens with zero attached hydrogens (tertiary/aromatic N) is 2. The number of benzene rings is 2. The van der Waals surface area contributed by atoms with Crippen molar-refractivity contribution in [1.82, 2.24) is 9.80 Å². The Kier molecular flexibility index (Phi) is 8.36. The monoisotopic (exact) mass is 415 g/mol. The van der Waals surface area contributed by atoms with Crippen molar-refractivity contribution in [2.75, 3.05) is 19.6 Å². The minimum absolute atomic E-state index is 0. The van der Waals surface area contributed by atoms with Crippen LogP contribution in [0.15, 0.2) is 54.6 Å². The van der Waals surface area contributed by atoms with E-state index >= 15 is 0 Å². The van der Waals surface area contributed by atoms with E-state index in [9.17, 15) is 14.4 Å². The molecule has 3 rings (SSSR count). The van der Waals surface area contributed by atoms with Crippen LogP contribution in [-0.4, -0.2) is 47.2 Å². The van der Waals surface area contributed by atoms with Gasteiger partial charge in [0.05, 0.1) is 6.54 Å². The minimum atomic E-state index is -0.139. The maximum Gasteiger partial charge on any atom is 0.253 e. The van der Waals surface area contributed by atoms with Gasteiger partial charge in [-0.15, -0.1) is 12.4 Å². The number of halogens is 1. The molecule has 3 amide bonds. The second-order valence-corrected chi connectivity index (χ2v) is 6.89. The second-order valence-electron chi connectivity index (χ2n) is 6.89. The van der Waals surface area contributed by atoms with Crippen molar-refractivity contribution in [1.29, 1.82) is 0 Å². The molecule has 0 saturated carbocycles. The maximum atomic E-state index is 12.9. The van der Waals surface area contributed by atoms with Crippen molar-refractivity contribution in [2.45, 2.75) is 25.8 Å². The molecule has 0 spiro atoms. The van der Waals surface area contributed by atoms with E-state index < -0.39 is 0 Å². The van der Waals surface area contributed by atoms with Crippen LogP contribution in [0.3, 0.4) is 0 Å². The molecule has 1 fully saturated rings. The fraction of sp³-hybridized carbons (Fsp3) is 0.318. The maximum absolute atomic E-state index is 12.9. The second kappa shape index (κ2) is 10.7. The fourth-order valence-electron chi connectivity index (χ4n) is 3.30. The normalized spacial score (nSPS) is 13.3. The van der Waals surface area contributed by atoms with Gasteiger partial charge in [-0.1, -0.05) is 42.5 Å². The number of carbonyl (C=O) groups excluding carboxylic acids is 3. The highest BCUT2D eigenvalue weighted by molar-refractivity contribution is 6.01. The van der Waals surface area contributed by atoms with Gasteiger partial charge >= 0.3 is 0 Å². The molecule has 0 atom stereocenters. The third kappa shape index (κ3) is 5.89. The Morgan fingerprint density at radius 3 is 2.10 bits per heavy atom. The summed E-state index contributed by atoms with van der Waals surface area (Å²) in [6, 6.07) is 17.1. The topological polar surface area (TPSA) is 83.7 Å². The Morgan fingerprint density at radius 1 is 0.897 bits per heavy atom. The summed E-state index contributed by atoms with van der Waals surface area (Å²) in [5.41, 5.74) is 8.27. The summed E-state index contributed by atoms with van der Waals surface area (Å²) in [4.78, 5) is 39.4. The Hall–Kier alpha value is -2.70. The number of rotatable bonds is 8. The molecular formula is C22H26ClN3O3. The first-order valence-electron chi connectivity index (χ1n) is 9.54. The van der Waals surface area contributed by atoms with Crippen LogP contribution in [0.25, 0.3) is 0 Å². The highest BCUT2D eigenvalue weighted by Gasteiger charge is 2.28. The van der Waals surface area contributed by atoms with Crippen LogP contribution >= 0.6 is 12.4 Å². The fourth-order valence-corrected chi connectivity index (χ4v) is 3.30. The quantitative estimate of drug-likeness (QED) is 0.671. The van der Waals surface area contributed by atoms with E-state index in [1.165, 1.54) is 10.5 Å². The average Bonchev–Trinajstić information content (AvgIpc) is 3.04. The summed E-state index contributed by atoms with van der Waals surface area (Å²) in [7, 11) is 0. The molecule has 7 heteroatoms. The van der Waals surface area contributed by atoms with Crippen molar-refractivity contribution in [3.63, 3.8) is 0 Å². The van der Waals surface area contributed by atoms with Gasteiger partial charge in [-0.05, 0) is 29.7 Å². The van der Waals surface area contributed by atoms with Crippen LogP contribution in [0.4, 0.5) is 0 Å². The van der Waals surface area contributed by atoms with Gasteiger partial charge in [0.2, 0.25) is 11.8 Å². The van der Waals surface area contributed by atoms with Gasteiger partial charge in [0.1, 0.15) is 0 Å². The van der Waals surface area contributed by atoms with Gasteiger partial charge in [0.15, 0.2) is 0 Å². The van der Waals surface area contributed by atoms with Gasteiger partial charge in [-0.3, -0.25) is 19.3 Å². The van der Waals surface area contributed by atoms with Gasteiger partial charge in [0.25, 0.3) is 5.91 Å². The first-order valence-corrected chi connectivity index (χ1v) is 9.54. The number of hydrogen-bond donors (Lipinski definition) is 1. The molecule has 2 aromatic rings. The van der Waals surface area contributed by atoms with E-state index in [0.717, 1.165) is 12.0 Å². The van der Waals surface area contributed by atoms with E-state index in [1.54, 1.807) is 29.2 Å². The van der Waals surface area contributed by atoms with Crippen molar-refractivity contribution < 1.29 is 14.4 Å². The van der Waals surface area contributed by atoms with Gasteiger partial charge in [-0.25, -0.2) is 0 Å². The van der Waals surface area contributed by atoms with Crippen LogP contribution in [0.2, 0.25) is 0 Å². The summed E-state index contributed by atoms with van der Waals surface area (Å²) in [6.07, 6.45) is 1.33. The molecule has 154 valence electrons. The molecule has 29 heavy (non-hydrogen) atoms. The largest absolute Gasteiger partial charge is 0.337 e. The standard InChI is InChI=1S/C22H25N3O3.ClH/c23-13-15-24(14-12-17-4-2-1-3-5-17)22(28)19-8-6-18(7-9-19)16-25-20(26)10-11-21(25)27;/h1-9H,10-16,23H2;1H. The van der Waals surface area contributed by atoms with Crippen LogP contribution in [0.1, 0.15) is 34.3 Å². The molecule has 2 N–H and O–H groups in total. The zero-order valence-electron chi connectivity index (χ0n) is 16.3. The van der Waals surface area contributed by atoms with E-state index in [-0.39, 0.29) is 49.5 Å². The Balaban J connectivity index is 0.00000300. The molecule has 1 heterocycles. The SMILES string of the molecule is Cl.NCCN(CCc1ccccc1)C(=O)c1ccc(CN2C(=O)CCC2=O)cc1. The van der Waals surface area contributed by atoms with Gasteiger partial charge in [-0.2, -0.15) is 0 Å². The number of nitrogens with two attached hydrogens (primary N) is 1. The van der Waals surface area contributed by atoms with Crippen LogP contribution in [0.5, 0.6) is 0 Å². The highest BCUT2D eigenvalue weighted by Crippen LogP contribution is 2.17. The van der Waals surface area contributed by atoms with Gasteiger partial charge < -0.3 is 10.6 Å². The first-order chi connectivity index (χ1) is 13.6. The lowest BCUT2D eigenvalue weighted by Crippen LogP contribution is -2.37. The number of hydrogen-bond acceptors (Lipinski definition) is 4. The molecule has 1 aliphatic heterocycles. The molecule has 2 aromatic carbocycles. The van der Waals surface area contributed by atoms with Crippen molar-refractivity contribution in [2.24, 2.45) is 5.73 Å². The smallest absolute Gasteiger partial charge is 0.253 e. The number of carbonyl (C=O) groups is 3. The van der Waals surface area contributed by atoms with E-state index in [2.05, 4.69) is 0 Å². The summed E-state index contributed by atoms with van der Waals surface area (Å²) in [6.45, 7) is 1.74. The summed E-state index contributed by atoms with van der Waals surface area (Å²) < 4.78 is 0. The Labute approximate surface area is 177 Å². The van der Waals surface area contributed by atoms with E-state index in [1.807, 2.05) is 30.3 Å². The Morgan fingerprint density at radius 2 is 1.52 bits per heavy atom. The lowest BCUT2D eigenvalue weighted by molar-refractivity contribution is -0.139. The summed E-state index contributed by atoms with van der Waals surface area (Å²) in [5.74, 6) is -0.346. The molecular weight excluding hydrogens is 390 g/mol. The summed E-state index contributed by atoms with van der Waals surface area (Å²) >= 11 is 0. The molecule has 0 bridgehead atoms. The van der Waals surface area contributed by atoms with Gasteiger partial charge in [0, 0.05) is 38.0 Å². The molecule has 0 aromatic heterocycles. The third-order valence-electron chi connectivity index (χ3n) is 4.90.